The van der Waals surface area contributed by atoms with Gasteiger partial charge in [0.25, 0.3) is 0 Å². The van der Waals surface area contributed by atoms with E-state index in [9.17, 15) is 8.42 Å². The molecule has 0 bridgehead atoms. The van der Waals surface area contributed by atoms with Crippen LogP contribution in [0.25, 0.3) is 23.4 Å². The second kappa shape index (κ2) is 6.86. The van der Waals surface area contributed by atoms with Crippen LogP contribution in [-0.4, -0.2) is 24.6 Å². The summed E-state index contributed by atoms with van der Waals surface area (Å²) in [5.74, 6) is 0.337. The normalized spacial score (nSPS) is 11.7. The number of hydrogen-bond acceptors (Lipinski definition) is 5. The third-order valence-electron chi connectivity index (χ3n) is 3.64. The average Bonchev–Trinajstić information content (AvgIpc) is 2.61. The Balaban J connectivity index is 1.92. The van der Waals surface area contributed by atoms with E-state index in [1.807, 2.05) is 42.5 Å². The highest BCUT2D eigenvalue weighted by Crippen LogP contribution is 2.21. The zero-order valence-electron chi connectivity index (χ0n) is 13.6. The van der Waals surface area contributed by atoms with Crippen LogP contribution in [0.5, 0.6) is 0 Å². The first-order valence-corrected chi connectivity index (χ1v) is 9.49. The van der Waals surface area contributed by atoms with Crippen molar-refractivity contribution < 1.29 is 8.42 Å². The first-order chi connectivity index (χ1) is 11.9. The van der Waals surface area contributed by atoms with E-state index in [1.54, 1.807) is 30.5 Å². The van der Waals surface area contributed by atoms with Gasteiger partial charge in [0.2, 0.25) is 0 Å². The Morgan fingerprint density at radius 2 is 1.64 bits per heavy atom. The molecular weight excluding hydrogens is 334 g/mol. The largest absolute Gasteiger partial charge is 0.382 e. The van der Waals surface area contributed by atoms with Crippen LogP contribution >= 0.6 is 0 Å². The lowest BCUT2D eigenvalue weighted by Gasteiger charge is -2.05. The molecule has 0 radical (unpaired) electrons. The molecule has 0 fully saturated rings. The van der Waals surface area contributed by atoms with Crippen molar-refractivity contribution in [1.29, 1.82) is 0 Å². The summed E-state index contributed by atoms with van der Waals surface area (Å²) < 4.78 is 23.1. The van der Waals surface area contributed by atoms with Crippen molar-refractivity contribution in [3.63, 3.8) is 0 Å². The van der Waals surface area contributed by atoms with Gasteiger partial charge in [0.15, 0.2) is 9.84 Å². The highest BCUT2D eigenvalue weighted by atomic mass is 32.2. The molecule has 5 nitrogen and oxygen atoms in total. The number of sulfone groups is 1. The van der Waals surface area contributed by atoms with Crippen LogP contribution in [0.1, 0.15) is 11.3 Å². The van der Waals surface area contributed by atoms with Crippen molar-refractivity contribution >= 4 is 27.8 Å². The summed E-state index contributed by atoms with van der Waals surface area (Å²) in [4.78, 5) is 8.98. The molecule has 0 unspecified atom stereocenters. The third kappa shape index (κ3) is 4.10. The summed E-state index contributed by atoms with van der Waals surface area (Å²) in [6, 6.07) is 16.4. The second-order valence-corrected chi connectivity index (χ2v) is 7.58. The first-order valence-electron chi connectivity index (χ1n) is 7.59. The van der Waals surface area contributed by atoms with Crippen molar-refractivity contribution in [1.82, 2.24) is 9.97 Å². The summed E-state index contributed by atoms with van der Waals surface area (Å²) in [6.07, 6.45) is 6.48. The van der Waals surface area contributed by atoms with Gasteiger partial charge in [0.05, 0.1) is 16.8 Å². The van der Waals surface area contributed by atoms with Gasteiger partial charge in [-0.05, 0) is 23.8 Å². The van der Waals surface area contributed by atoms with Crippen molar-refractivity contribution in [2.45, 2.75) is 4.90 Å². The second-order valence-electron chi connectivity index (χ2n) is 5.57. The number of nitrogen functional groups attached to an aromatic ring is 1. The maximum atomic E-state index is 11.5. The molecule has 6 heteroatoms. The average molecular weight is 351 g/mol. The SMILES string of the molecule is CS(=O)(=O)c1ccc(-c2cnc(N)c(C=Cc3ccccc3)n2)cc1. The van der Waals surface area contributed by atoms with E-state index in [1.165, 1.54) is 6.26 Å². The van der Waals surface area contributed by atoms with Gasteiger partial charge < -0.3 is 5.73 Å². The quantitative estimate of drug-likeness (QED) is 0.779. The lowest BCUT2D eigenvalue weighted by atomic mass is 10.1. The molecule has 0 spiro atoms. The Kier molecular flexibility index (Phi) is 4.63. The first kappa shape index (κ1) is 16.9. The summed E-state index contributed by atoms with van der Waals surface area (Å²) in [6.45, 7) is 0. The highest BCUT2D eigenvalue weighted by Gasteiger charge is 2.09. The summed E-state index contributed by atoms with van der Waals surface area (Å²) in [5, 5.41) is 0. The Bertz CT molecular complexity index is 1010. The zero-order valence-corrected chi connectivity index (χ0v) is 14.4. The molecule has 1 aromatic heterocycles. The van der Waals surface area contributed by atoms with E-state index in [-0.39, 0.29) is 4.90 Å². The van der Waals surface area contributed by atoms with Gasteiger partial charge in [0, 0.05) is 11.8 Å². The number of anilines is 1. The van der Waals surface area contributed by atoms with Crippen molar-refractivity contribution in [3.05, 3.63) is 72.1 Å². The van der Waals surface area contributed by atoms with E-state index in [4.69, 9.17) is 5.73 Å². The molecule has 0 saturated heterocycles. The molecule has 3 rings (SSSR count). The van der Waals surface area contributed by atoms with E-state index in [0.29, 0.717) is 17.2 Å². The highest BCUT2D eigenvalue weighted by molar-refractivity contribution is 7.90. The summed E-state index contributed by atoms with van der Waals surface area (Å²) in [7, 11) is -3.22. The number of benzene rings is 2. The van der Waals surface area contributed by atoms with Crippen LogP contribution in [0.3, 0.4) is 0 Å². The Hall–Kier alpha value is -2.99. The maximum Gasteiger partial charge on any atom is 0.175 e. The topological polar surface area (TPSA) is 85.9 Å². The molecule has 0 aliphatic heterocycles. The molecule has 3 aromatic rings. The lowest BCUT2D eigenvalue weighted by Crippen LogP contribution is -1.99. The smallest absolute Gasteiger partial charge is 0.175 e. The van der Waals surface area contributed by atoms with Gasteiger partial charge >= 0.3 is 0 Å². The van der Waals surface area contributed by atoms with Crippen molar-refractivity contribution in [2.75, 3.05) is 12.0 Å². The monoisotopic (exact) mass is 351 g/mol. The Morgan fingerprint density at radius 1 is 0.960 bits per heavy atom. The minimum Gasteiger partial charge on any atom is -0.382 e. The van der Waals surface area contributed by atoms with E-state index >= 15 is 0 Å². The van der Waals surface area contributed by atoms with Gasteiger partial charge in [-0.3, -0.25) is 0 Å². The van der Waals surface area contributed by atoms with Crippen molar-refractivity contribution in [2.24, 2.45) is 0 Å². The van der Waals surface area contributed by atoms with E-state index < -0.39 is 9.84 Å². The lowest BCUT2D eigenvalue weighted by molar-refractivity contribution is 0.602. The molecule has 0 aliphatic rings. The van der Waals surface area contributed by atoms with Crippen LogP contribution in [0, 0.1) is 0 Å². The number of hydrogen-bond donors (Lipinski definition) is 1. The predicted molar refractivity (Wildman–Crippen MR) is 100 cm³/mol. The van der Waals surface area contributed by atoms with Crippen LogP contribution in [0.2, 0.25) is 0 Å². The molecule has 126 valence electrons. The predicted octanol–water partition coefficient (Wildman–Crippen LogP) is 3.30. The molecule has 0 atom stereocenters. The fraction of sp³-hybridized carbons (Fsp3) is 0.0526. The molecule has 0 saturated carbocycles. The zero-order chi connectivity index (χ0) is 17.9. The van der Waals surface area contributed by atoms with Crippen LogP contribution in [0.15, 0.2) is 65.7 Å². The number of aromatic nitrogens is 2. The van der Waals surface area contributed by atoms with Gasteiger partial charge in [-0.1, -0.05) is 48.5 Å². The number of rotatable bonds is 4. The maximum absolute atomic E-state index is 11.5. The van der Waals surface area contributed by atoms with Gasteiger partial charge in [-0.15, -0.1) is 0 Å². The van der Waals surface area contributed by atoms with Gasteiger partial charge in [-0.25, -0.2) is 18.4 Å². The number of nitrogens with zero attached hydrogens (tertiary/aromatic N) is 2. The summed E-state index contributed by atoms with van der Waals surface area (Å²) >= 11 is 0. The van der Waals surface area contributed by atoms with Crippen LogP contribution < -0.4 is 5.73 Å². The minimum atomic E-state index is -3.22. The van der Waals surface area contributed by atoms with Crippen LogP contribution in [-0.2, 0) is 9.84 Å². The fourth-order valence-corrected chi connectivity index (χ4v) is 2.92. The Morgan fingerprint density at radius 3 is 2.28 bits per heavy atom. The van der Waals surface area contributed by atoms with Crippen molar-refractivity contribution in [3.8, 4) is 11.3 Å². The molecule has 2 aromatic carbocycles. The Labute approximate surface area is 146 Å². The van der Waals surface area contributed by atoms with Gasteiger partial charge in [0.1, 0.15) is 11.5 Å². The van der Waals surface area contributed by atoms with E-state index in [0.717, 1.165) is 11.1 Å². The molecule has 1 heterocycles. The third-order valence-corrected chi connectivity index (χ3v) is 4.77. The number of nitrogens with two attached hydrogens (primary N) is 1. The molecule has 2 N–H and O–H groups in total. The van der Waals surface area contributed by atoms with Crippen LogP contribution in [0.4, 0.5) is 5.82 Å². The molecular formula is C19H17N3O2S. The summed E-state index contributed by atoms with van der Waals surface area (Å²) in [5.41, 5.74) is 8.91. The molecule has 0 amide bonds. The molecule has 0 aliphatic carbocycles. The minimum absolute atomic E-state index is 0.267. The fourth-order valence-electron chi connectivity index (χ4n) is 2.29. The van der Waals surface area contributed by atoms with E-state index in [2.05, 4.69) is 9.97 Å². The molecule has 25 heavy (non-hydrogen) atoms. The van der Waals surface area contributed by atoms with Gasteiger partial charge in [-0.2, -0.15) is 0 Å². The standard InChI is InChI=1S/C19H17N3O2S/c1-25(23,24)16-10-8-15(9-11-16)18-13-21-19(20)17(22-18)12-7-14-5-3-2-4-6-14/h2-13H,1H3,(H2,20,21).